The SMILES string of the molecule is C[C@@H](O)Cn1ncc2ccc3sccc3c21. The molecule has 1 N–H and O–H groups in total. The van der Waals surface area contributed by atoms with E-state index in [2.05, 4.69) is 28.7 Å². The van der Waals surface area contributed by atoms with Gasteiger partial charge in [-0.25, -0.2) is 0 Å². The molecule has 0 saturated heterocycles. The lowest BCUT2D eigenvalue weighted by atomic mass is 10.2. The number of fused-ring (bicyclic) bond motifs is 3. The molecule has 3 rings (SSSR count). The number of hydrogen-bond donors (Lipinski definition) is 1. The summed E-state index contributed by atoms with van der Waals surface area (Å²) in [6, 6.07) is 6.32. The Hall–Kier alpha value is -1.39. The highest BCUT2D eigenvalue weighted by molar-refractivity contribution is 7.17. The van der Waals surface area contributed by atoms with Gasteiger partial charge in [-0.15, -0.1) is 11.3 Å². The summed E-state index contributed by atoms with van der Waals surface area (Å²) in [6.07, 6.45) is 1.48. The molecule has 0 spiro atoms. The van der Waals surface area contributed by atoms with Gasteiger partial charge in [-0.1, -0.05) is 0 Å². The standard InChI is InChI=1S/C12H12N2OS/c1-8(15)7-14-12-9(6-13-14)2-3-11-10(12)4-5-16-11/h2-6,8,15H,7H2,1H3/t8-/m1/s1. The predicted molar refractivity (Wildman–Crippen MR) is 66.8 cm³/mol. The number of rotatable bonds is 2. The van der Waals surface area contributed by atoms with Crippen LogP contribution < -0.4 is 0 Å². The number of benzene rings is 1. The predicted octanol–water partition coefficient (Wildman–Crippen LogP) is 2.63. The molecule has 2 aromatic heterocycles. The zero-order valence-corrected chi connectivity index (χ0v) is 9.74. The van der Waals surface area contributed by atoms with E-state index in [1.807, 2.05) is 10.9 Å². The van der Waals surface area contributed by atoms with Gasteiger partial charge in [0.25, 0.3) is 0 Å². The molecule has 1 atom stereocenters. The summed E-state index contributed by atoms with van der Waals surface area (Å²) in [4.78, 5) is 0. The van der Waals surface area contributed by atoms with Gasteiger partial charge in [0, 0.05) is 15.5 Å². The molecule has 1 aromatic carbocycles. The topological polar surface area (TPSA) is 38.0 Å². The van der Waals surface area contributed by atoms with Crippen molar-refractivity contribution in [2.75, 3.05) is 0 Å². The number of thiophene rings is 1. The second-order valence-corrected chi connectivity index (χ2v) is 4.96. The molecule has 0 radical (unpaired) electrons. The molecule has 0 unspecified atom stereocenters. The monoisotopic (exact) mass is 232 g/mol. The molecule has 0 aliphatic carbocycles. The molecule has 0 aliphatic rings. The Kier molecular flexibility index (Phi) is 2.19. The van der Waals surface area contributed by atoms with Crippen molar-refractivity contribution >= 4 is 32.3 Å². The highest BCUT2D eigenvalue weighted by atomic mass is 32.1. The maximum absolute atomic E-state index is 9.45. The summed E-state index contributed by atoms with van der Waals surface area (Å²) in [5.41, 5.74) is 1.12. The Balaban J connectivity index is 2.32. The third kappa shape index (κ3) is 1.42. The largest absolute Gasteiger partial charge is 0.391 e. The van der Waals surface area contributed by atoms with Crippen LogP contribution in [-0.4, -0.2) is 21.0 Å². The van der Waals surface area contributed by atoms with Crippen LogP contribution in [0.5, 0.6) is 0 Å². The first-order chi connectivity index (χ1) is 7.75. The van der Waals surface area contributed by atoms with E-state index in [0.717, 1.165) is 10.9 Å². The van der Waals surface area contributed by atoms with Crippen molar-refractivity contribution in [2.24, 2.45) is 0 Å². The average Bonchev–Trinajstić information content (AvgIpc) is 2.82. The lowest BCUT2D eigenvalue weighted by Gasteiger charge is -2.06. The maximum Gasteiger partial charge on any atom is 0.0770 e. The fraction of sp³-hybridized carbons (Fsp3) is 0.250. The fourth-order valence-corrected chi connectivity index (χ4v) is 2.81. The number of hydrogen-bond acceptors (Lipinski definition) is 3. The third-order valence-corrected chi connectivity index (χ3v) is 3.55. The summed E-state index contributed by atoms with van der Waals surface area (Å²) < 4.78 is 3.15. The van der Waals surface area contributed by atoms with Crippen molar-refractivity contribution in [1.82, 2.24) is 9.78 Å². The van der Waals surface area contributed by atoms with Gasteiger partial charge in [-0.2, -0.15) is 5.10 Å². The molecule has 0 fully saturated rings. The van der Waals surface area contributed by atoms with E-state index in [1.54, 1.807) is 18.3 Å². The van der Waals surface area contributed by atoms with Gasteiger partial charge >= 0.3 is 0 Å². The van der Waals surface area contributed by atoms with Crippen LogP contribution in [-0.2, 0) is 6.54 Å². The summed E-state index contributed by atoms with van der Waals surface area (Å²) >= 11 is 1.73. The second-order valence-electron chi connectivity index (χ2n) is 4.01. The quantitative estimate of drug-likeness (QED) is 0.737. The van der Waals surface area contributed by atoms with Gasteiger partial charge in [0.1, 0.15) is 0 Å². The molecule has 82 valence electrons. The molecule has 2 heterocycles. The van der Waals surface area contributed by atoms with Crippen molar-refractivity contribution in [3.8, 4) is 0 Å². The van der Waals surface area contributed by atoms with Crippen LogP contribution in [0.15, 0.2) is 29.8 Å². The smallest absolute Gasteiger partial charge is 0.0770 e. The highest BCUT2D eigenvalue weighted by Crippen LogP contribution is 2.29. The van der Waals surface area contributed by atoms with E-state index < -0.39 is 0 Å². The van der Waals surface area contributed by atoms with Gasteiger partial charge in [0.05, 0.1) is 24.4 Å². The molecule has 16 heavy (non-hydrogen) atoms. The zero-order chi connectivity index (χ0) is 11.1. The van der Waals surface area contributed by atoms with E-state index in [1.165, 1.54) is 10.1 Å². The van der Waals surface area contributed by atoms with Gasteiger partial charge in [0.15, 0.2) is 0 Å². The lowest BCUT2D eigenvalue weighted by molar-refractivity contribution is 0.170. The van der Waals surface area contributed by atoms with Gasteiger partial charge in [-0.05, 0) is 30.5 Å². The van der Waals surface area contributed by atoms with Crippen LogP contribution in [0.3, 0.4) is 0 Å². The summed E-state index contributed by atoms with van der Waals surface area (Å²) in [5, 5.41) is 18.2. The first-order valence-corrected chi connectivity index (χ1v) is 6.13. The van der Waals surface area contributed by atoms with Crippen molar-refractivity contribution < 1.29 is 5.11 Å². The maximum atomic E-state index is 9.45. The number of aliphatic hydroxyl groups is 1. The molecule has 0 bridgehead atoms. The summed E-state index contributed by atoms with van der Waals surface area (Å²) in [7, 11) is 0. The van der Waals surface area contributed by atoms with E-state index in [-0.39, 0.29) is 6.10 Å². The molecule has 3 aromatic rings. The average molecular weight is 232 g/mol. The Bertz CT molecular complexity index is 639. The first kappa shape index (κ1) is 9.81. The van der Waals surface area contributed by atoms with E-state index >= 15 is 0 Å². The van der Waals surface area contributed by atoms with Crippen LogP contribution in [0, 0.1) is 0 Å². The minimum absolute atomic E-state index is 0.378. The van der Waals surface area contributed by atoms with Gasteiger partial charge in [0.2, 0.25) is 0 Å². The molecule has 0 amide bonds. The minimum atomic E-state index is -0.378. The molecule has 0 aliphatic heterocycles. The molecule has 4 heteroatoms. The molecule has 0 saturated carbocycles. The fourth-order valence-electron chi connectivity index (χ4n) is 2.02. The summed E-state index contributed by atoms with van der Waals surface area (Å²) in [6.45, 7) is 2.32. The van der Waals surface area contributed by atoms with Crippen LogP contribution in [0.1, 0.15) is 6.92 Å². The van der Waals surface area contributed by atoms with E-state index in [9.17, 15) is 5.11 Å². The van der Waals surface area contributed by atoms with E-state index in [4.69, 9.17) is 0 Å². The van der Waals surface area contributed by atoms with Crippen molar-refractivity contribution in [3.05, 3.63) is 29.8 Å². The Morgan fingerprint density at radius 1 is 1.44 bits per heavy atom. The lowest BCUT2D eigenvalue weighted by Crippen LogP contribution is -2.12. The molecule has 3 nitrogen and oxygen atoms in total. The van der Waals surface area contributed by atoms with Crippen LogP contribution >= 0.6 is 11.3 Å². The first-order valence-electron chi connectivity index (χ1n) is 5.25. The number of aliphatic hydroxyl groups excluding tert-OH is 1. The van der Waals surface area contributed by atoms with Crippen molar-refractivity contribution in [2.45, 2.75) is 19.6 Å². The number of nitrogens with zero attached hydrogens (tertiary/aromatic N) is 2. The van der Waals surface area contributed by atoms with Crippen molar-refractivity contribution in [3.63, 3.8) is 0 Å². The zero-order valence-electron chi connectivity index (χ0n) is 8.92. The third-order valence-electron chi connectivity index (χ3n) is 2.67. The Morgan fingerprint density at radius 3 is 3.12 bits per heavy atom. The Labute approximate surface area is 96.9 Å². The number of aromatic nitrogens is 2. The summed E-state index contributed by atoms with van der Waals surface area (Å²) in [5.74, 6) is 0. The van der Waals surface area contributed by atoms with Crippen molar-refractivity contribution in [1.29, 1.82) is 0 Å². The van der Waals surface area contributed by atoms with Crippen LogP contribution in [0.2, 0.25) is 0 Å². The second kappa shape index (κ2) is 3.57. The van der Waals surface area contributed by atoms with Gasteiger partial charge in [-0.3, -0.25) is 4.68 Å². The minimum Gasteiger partial charge on any atom is -0.391 e. The van der Waals surface area contributed by atoms with Crippen LogP contribution in [0.25, 0.3) is 21.0 Å². The normalized spacial score (nSPS) is 13.6. The van der Waals surface area contributed by atoms with Gasteiger partial charge < -0.3 is 5.11 Å². The molecular formula is C12H12N2OS. The Morgan fingerprint density at radius 2 is 2.31 bits per heavy atom. The van der Waals surface area contributed by atoms with E-state index in [0.29, 0.717) is 6.54 Å². The van der Waals surface area contributed by atoms with Crippen LogP contribution in [0.4, 0.5) is 0 Å². The molecular weight excluding hydrogens is 220 g/mol. The highest BCUT2D eigenvalue weighted by Gasteiger charge is 2.09.